The molecule has 0 fully saturated rings. The van der Waals surface area contributed by atoms with E-state index in [1.807, 2.05) is 24.3 Å². The number of benzene rings is 1. The van der Waals surface area contributed by atoms with Gasteiger partial charge in [0.25, 0.3) is 0 Å². The summed E-state index contributed by atoms with van der Waals surface area (Å²) in [6.45, 7) is 0. The van der Waals surface area contributed by atoms with Gasteiger partial charge in [0.05, 0.1) is 15.6 Å². The van der Waals surface area contributed by atoms with Gasteiger partial charge in [0.1, 0.15) is 0 Å². The van der Waals surface area contributed by atoms with E-state index in [1.54, 1.807) is 6.20 Å². The molecule has 0 N–H and O–H groups in total. The smallest absolute Gasteiger partial charge is 0.0889 e. The Kier molecular flexibility index (Phi) is 1.91. The highest BCUT2D eigenvalue weighted by Crippen LogP contribution is 2.22. The van der Waals surface area contributed by atoms with Crippen LogP contribution in [0, 0.1) is 0 Å². The van der Waals surface area contributed by atoms with Gasteiger partial charge in [-0.3, -0.25) is 4.98 Å². The van der Waals surface area contributed by atoms with E-state index in [-0.39, 0.29) is 0 Å². The fraction of sp³-hybridized carbons (Fsp3) is 0. The Hall–Kier alpha value is -0.790. The Morgan fingerprint density at radius 3 is 2.83 bits per heavy atom. The van der Waals surface area contributed by atoms with Crippen molar-refractivity contribution >= 4 is 34.1 Å². The van der Waals surface area contributed by atoms with Crippen LogP contribution in [0.5, 0.6) is 0 Å². The summed E-state index contributed by atoms with van der Waals surface area (Å²) in [5, 5.41) is 2.25. The number of halogens is 2. The molecule has 2 aromatic rings. The van der Waals surface area contributed by atoms with E-state index in [4.69, 9.17) is 23.2 Å². The van der Waals surface area contributed by atoms with Crippen LogP contribution in [0.25, 0.3) is 10.9 Å². The minimum absolute atomic E-state index is 0.629. The van der Waals surface area contributed by atoms with E-state index in [1.165, 1.54) is 0 Å². The highest BCUT2D eigenvalue weighted by atomic mass is 35.5. The van der Waals surface area contributed by atoms with E-state index in [2.05, 4.69) is 4.98 Å². The first-order valence-corrected chi connectivity index (χ1v) is 4.23. The summed E-state index contributed by atoms with van der Waals surface area (Å²) in [7, 11) is 0. The number of pyridine rings is 1. The van der Waals surface area contributed by atoms with E-state index in [0.717, 1.165) is 10.9 Å². The van der Waals surface area contributed by atoms with Gasteiger partial charge < -0.3 is 0 Å². The van der Waals surface area contributed by atoms with Crippen LogP contribution in [0.2, 0.25) is 10.0 Å². The Balaban J connectivity index is 2.86. The monoisotopic (exact) mass is 197 g/mol. The number of fused-ring (bicyclic) bond motifs is 1. The molecule has 2 rings (SSSR count). The van der Waals surface area contributed by atoms with Crippen LogP contribution in [0.1, 0.15) is 0 Å². The van der Waals surface area contributed by atoms with Crippen molar-refractivity contribution in [2.24, 2.45) is 0 Å². The number of nitrogens with zero attached hydrogens (tertiary/aromatic N) is 1. The van der Waals surface area contributed by atoms with Crippen LogP contribution in [0.15, 0.2) is 30.5 Å². The van der Waals surface area contributed by atoms with Crippen molar-refractivity contribution in [2.75, 3.05) is 0 Å². The summed E-state index contributed by atoms with van der Waals surface area (Å²) >= 11 is 11.7. The van der Waals surface area contributed by atoms with E-state index in [0.29, 0.717) is 10.0 Å². The number of hydrogen-bond acceptors (Lipinski definition) is 1. The second kappa shape index (κ2) is 2.92. The lowest BCUT2D eigenvalue weighted by atomic mass is 10.2. The molecular formula is C9H5Cl2N. The van der Waals surface area contributed by atoms with Crippen molar-refractivity contribution in [3.63, 3.8) is 0 Å². The van der Waals surface area contributed by atoms with E-state index < -0.39 is 0 Å². The molecule has 0 aliphatic heterocycles. The summed E-state index contributed by atoms with van der Waals surface area (Å²) in [5.41, 5.74) is 0.795. The number of aromatic nitrogens is 1. The van der Waals surface area contributed by atoms with Crippen molar-refractivity contribution < 1.29 is 0 Å². The summed E-state index contributed by atoms with van der Waals surface area (Å²) in [6, 6.07) is 7.46. The molecule has 0 saturated heterocycles. The van der Waals surface area contributed by atoms with Gasteiger partial charge in [0.2, 0.25) is 0 Å². The SMILES string of the molecule is Clc1cnc2c(Cl)cccc2c1. The predicted molar refractivity (Wildman–Crippen MR) is 51.8 cm³/mol. The number of hydrogen-bond donors (Lipinski definition) is 0. The van der Waals surface area contributed by atoms with Crippen molar-refractivity contribution in [2.45, 2.75) is 0 Å². The highest BCUT2D eigenvalue weighted by Gasteiger charge is 1.98. The number of para-hydroxylation sites is 1. The lowest BCUT2D eigenvalue weighted by molar-refractivity contribution is 1.41. The molecule has 60 valence electrons. The average molecular weight is 198 g/mol. The van der Waals surface area contributed by atoms with Crippen LogP contribution in [-0.4, -0.2) is 4.98 Å². The molecule has 0 amide bonds. The Labute approximate surface area is 79.9 Å². The van der Waals surface area contributed by atoms with Gasteiger partial charge in [-0.25, -0.2) is 0 Å². The van der Waals surface area contributed by atoms with Crippen molar-refractivity contribution in [1.82, 2.24) is 4.98 Å². The van der Waals surface area contributed by atoms with Crippen LogP contribution in [0.3, 0.4) is 0 Å². The van der Waals surface area contributed by atoms with E-state index >= 15 is 0 Å². The van der Waals surface area contributed by atoms with Gasteiger partial charge in [-0.2, -0.15) is 0 Å². The molecule has 0 aliphatic carbocycles. The summed E-state index contributed by atoms with van der Waals surface area (Å²) in [4.78, 5) is 4.12. The fourth-order valence-electron chi connectivity index (χ4n) is 1.10. The van der Waals surface area contributed by atoms with Crippen LogP contribution in [0.4, 0.5) is 0 Å². The Morgan fingerprint density at radius 1 is 1.17 bits per heavy atom. The molecule has 0 bridgehead atoms. The summed E-state index contributed by atoms with van der Waals surface area (Å²) in [6.07, 6.45) is 1.59. The minimum atomic E-state index is 0.629. The maximum Gasteiger partial charge on any atom is 0.0889 e. The zero-order valence-corrected chi connectivity index (χ0v) is 7.60. The molecule has 3 heteroatoms. The second-order valence-electron chi connectivity index (χ2n) is 2.47. The molecule has 0 aliphatic rings. The van der Waals surface area contributed by atoms with Crippen LogP contribution in [-0.2, 0) is 0 Å². The van der Waals surface area contributed by atoms with Gasteiger partial charge in [-0.05, 0) is 12.1 Å². The number of rotatable bonds is 0. The van der Waals surface area contributed by atoms with Crippen LogP contribution < -0.4 is 0 Å². The Bertz CT molecular complexity index is 426. The fourth-order valence-corrected chi connectivity index (χ4v) is 1.49. The lowest BCUT2D eigenvalue weighted by Crippen LogP contribution is -1.78. The van der Waals surface area contributed by atoms with Gasteiger partial charge in [0, 0.05) is 11.6 Å². The van der Waals surface area contributed by atoms with Gasteiger partial charge >= 0.3 is 0 Å². The third-order valence-corrected chi connectivity index (χ3v) is 2.14. The maximum absolute atomic E-state index is 5.90. The maximum atomic E-state index is 5.90. The van der Waals surface area contributed by atoms with Crippen molar-refractivity contribution in [1.29, 1.82) is 0 Å². The third kappa shape index (κ3) is 1.26. The molecule has 0 unspecified atom stereocenters. The first kappa shape index (κ1) is 7.84. The van der Waals surface area contributed by atoms with Crippen molar-refractivity contribution in [3.8, 4) is 0 Å². The molecule has 0 spiro atoms. The topological polar surface area (TPSA) is 12.9 Å². The molecule has 1 aromatic heterocycles. The normalized spacial score (nSPS) is 10.5. The zero-order valence-electron chi connectivity index (χ0n) is 6.09. The van der Waals surface area contributed by atoms with Gasteiger partial charge in [0.15, 0.2) is 0 Å². The summed E-state index contributed by atoms with van der Waals surface area (Å²) < 4.78 is 0. The quantitative estimate of drug-likeness (QED) is 0.630. The van der Waals surface area contributed by atoms with Gasteiger partial charge in [-0.15, -0.1) is 0 Å². The largest absolute Gasteiger partial charge is 0.253 e. The first-order valence-electron chi connectivity index (χ1n) is 3.47. The molecule has 1 nitrogen and oxygen atoms in total. The molecular weight excluding hydrogens is 193 g/mol. The minimum Gasteiger partial charge on any atom is -0.253 e. The third-order valence-electron chi connectivity index (χ3n) is 1.63. The van der Waals surface area contributed by atoms with E-state index in [9.17, 15) is 0 Å². The van der Waals surface area contributed by atoms with Crippen LogP contribution >= 0.6 is 23.2 Å². The molecule has 0 saturated carbocycles. The van der Waals surface area contributed by atoms with Crippen molar-refractivity contribution in [3.05, 3.63) is 40.5 Å². The predicted octanol–water partition coefficient (Wildman–Crippen LogP) is 3.54. The summed E-state index contributed by atoms with van der Waals surface area (Å²) in [5.74, 6) is 0. The standard InChI is InChI=1S/C9H5Cl2N/c10-7-4-6-2-1-3-8(11)9(6)12-5-7/h1-5H. The second-order valence-corrected chi connectivity index (χ2v) is 3.31. The van der Waals surface area contributed by atoms with Gasteiger partial charge in [-0.1, -0.05) is 35.3 Å². The molecule has 12 heavy (non-hydrogen) atoms. The highest BCUT2D eigenvalue weighted by molar-refractivity contribution is 6.35. The lowest BCUT2D eigenvalue weighted by Gasteiger charge is -1.98. The first-order chi connectivity index (χ1) is 5.77. The Morgan fingerprint density at radius 2 is 2.00 bits per heavy atom. The molecule has 1 aromatic carbocycles. The molecule has 1 heterocycles. The zero-order chi connectivity index (χ0) is 8.55. The molecule has 0 radical (unpaired) electrons. The average Bonchev–Trinajstić information content (AvgIpc) is 2.04. The molecule has 0 atom stereocenters.